The zero-order valence-corrected chi connectivity index (χ0v) is 12.9. The zero-order valence-electron chi connectivity index (χ0n) is 12.1. The maximum Gasteiger partial charge on any atom is 0.234 e. The van der Waals surface area contributed by atoms with E-state index in [-0.39, 0.29) is 18.2 Å². The van der Waals surface area contributed by atoms with Gasteiger partial charge in [-0.1, -0.05) is 23.7 Å². The highest BCUT2D eigenvalue weighted by Crippen LogP contribution is 2.23. The van der Waals surface area contributed by atoms with Crippen molar-refractivity contribution in [1.29, 1.82) is 5.26 Å². The van der Waals surface area contributed by atoms with Gasteiger partial charge in [0, 0.05) is 19.5 Å². The molecule has 6 nitrogen and oxygen atoms in total. The van der Waals surface area contributed by atoms with Crippen LogP contribution < -0.4 is 15.4 Å². The van der Waals surface area contributed by atoms with Crippen molar-refractivity contribution in [3.8, 4) is 11.8 Å². The molecular weight excluding hydrogens is 306 g/mol. The minimum Gasteiger partial charge on any atom is -0.492 e. The fraction of sp³-hybridized carbons (Fsp3) is 0.400. The predicted octanol–water partition coefficient (Wildman–Crippen LogP) is 1.65. The summed E-state index contributed by atoms with van der Waals surface area (Å²) in [5.41, 5.74) is 0. The van der Waals surface area contributed by atoms with E-state index in [0.29, 0.717) is 43.3 Å². The quantitative estimate of drug-likeness (QED) is 0.676. The minimum absolute atomic E-state index is 0.114. The molecule has 0 heterocycles. The highest BCUT2D eigenvalue weighted by Gasteiger charge is 2.03. The first kappa shape index (κ1) is 17.8. The molecule has 0 aliphatic rings. The van der Waals surface area contributed by atoms with Crippen LogP contribution in [0.1, 0.15) is 19.3 Å². The molecule has 0 radical (unpaired) electrons. The van der Waals surface area contributed by atoms with E-state index < -0.39 is 0 Å². The molecule has 0 aliphatic carbocycles. The molecule has 0 aromatic heterocycles. The predicted molar refractivity (Wildman–Crippen MR) is 82.4 cm³/mol. The van der Waals surface area contributed by atoms with E-state index in [9.17, 15) is 9.59 Å². The van der Waals surface area contributed by atoms with Gasteiger partial charge in [0.25, 0.3) is 0 Å². The second-order valence-electron chi connectivity index (χ2n) is 4.42. The normalized spacial score (nSPS) is 9.64. The SMILES string of the molecule is N#CCC(=O)NCCNC(=O)CCCOc1ccccc1Cl. The van der Waals surface area contributed by atoms with Crippen molar-refractivity contribution in [3.63, 3.8) is 0 Å². The number of carbonyl (C=O) groups excluding carboxylic acids is 2. The molecule has 2 N–H and O–H groups in total. The summed E-state index contributed by atoms with van der Waals surface area (Å²) in [7, 11) is 0. The molecule has 0 saturated heterocycles. The Morgan fingerprint density at radius 3 is 2.55 bits per heavy atom. The molecule has 1 aromatic carbocycles. The van der Waals surface area contributed by atoms with Crippen molar-refractivity contribution in [2.24, 2.45) is 0 Å². The summed E-state index contributed by atoms with van der Waals surface area (Å²) in [6, 6.07) is 8.90. The molecule has 0 bridgehead atoms. The first-order valence-corrected chi connectivity index (χ1v) is 7.29. The lowest BCUT2D eigenvalue weighted by Gasteiger charge is -2.08. The molecule has 22 heavy (non-hydrogen) atoms. The summed E-state index contributed by atoms with van der Waals surface area (Å²) < 4.78 is 5.47. The summed E-state index contributed by atoms with van der Waals surface area (Å²) in [6.07, 6.45) is 0.724. The van der Waals surface area contributed by atoms with Crippen molar-refractivity contribution >= 4 is 23.4 Å². The fourth-order valence-electron chi connectivity index (χ4n) is 1.60. The van der Waals surface area contributed by atoms with E-state index in [1.807, 2.05) is 12.1 Å². The summed E-state index contributed by atoms with van der Waals surface area (Å²) in [5.74, 6) is 0.145. The Hall–Kier alpha value is -2.26. The minimum atomic E-state index is -0.343. The lowest BCUT2D eigenvalue weighted by Crippen LogP contribution is -2.34. The summed E-state index contributed by atoms with van der Waals surface area (Å²) in [6.45, 7) is 1.04. The number of halogens is 1. The lowest BCUT2D eigenvalue weighted by atomic mass is 10.3. The number of amides is 2. The number of hydrogen-bond donors (Lipinski definition) is 2. The number of nitrogens with one attached hydrogen (secondary N) is 2. The van der Waals surface area contributed by atoms with Crippen LogP contribution in [0.15, 0.2) is 24.3 Å². The number of carbonyl (C=O) groups is 2. The smallest absolute Gasteiger partial charge is 0.234 e. The molecule has 1 aromatic rings. The Kier molecular flexibility index (Phi) is 8.46. The van der Waals surface area contributed by atoms with E-state index in [2.05, 4.69) is 10.6 Å². The maximum absolute atomic E-state index is 11.5. The monoisotopic (exact) mass is 323 g/mol. The third-order valence-corrected chi connectivity index (χ3v) is 2.96. The molecule has 0 fully saturated rings. The molecule has 2 amide bonds. The van der Waals surface area contributed by atoms with Gasteiger partial charge in [-0.2, -0.15) is 5.26 Å². The Bertz CT molecular complexity index is 543. The third-order valence-electron chi connectivity index (χ3n) is 2.65. The van der Waals surface area contributed by atoms with Gasteiger partial charge in [-0.05, 0) is 18.6 Å². The van der Waals surface area contributed by atoms with Gasteiger partial charge >= 0.3 is 0 Å². The van der Waals surface area contributed by atoms with E-state index >= 15 is 0 Å². The van der Waals surface area contributed by atoms with Gasteiger partial charge in [0.15, 0.2) is 0 Å². The number of nitriles is 1. The van der Waals surface area contributed by atoms with Crippen molar-refractivity contribution in [1.82, 2.24) is 10.6 Å². The first-order valence-electron chi connectivity index (χ1n) is 6.91. The number of benzene rings is 1. The molecule has 118 valence electrons. The van der Waals surface area contributed by atoms with Crippen molar-refractivity contribution in [3.05, 3.63) is 29.3 Å². The number of hydrogen-bond acceptors (Lipinski definition) is 4. The number of rotatable bonds is 9. The van der Waals surface area contributed by atoms with Crippen LogP contribution in [0.2, 0.25) is 5.02 Å². The van der Waals surface area contributed by atoms with Crippen LogP contribution in [-0.2, 0) is 9.59 Å². The van der Waals surface area contributed by atoms with E-state index in [1.165, 1.54) is 0 Å². The molecular formula is C15H18ClN3O3. The van der Waals surface area contributed by atoms with E-state index in [1.54, 1.807) is 18.2 Å². The Morgan fingerprint density at radius 1 is 1.18 bits per heavy atom. The topological polar surface area (TPSA) is 91.2 Å². The third kappa shape index (κ3) is 7.50. The van der Waals surface area contributed by atoms with Gasteiger partial charge in [0.05, 0.1) is 17.7 Å². The van der Waals surface area contributed by atoms with Gasteiger partial charge in [-0.3, -0.25) is 9.59 Å². The second-order valence-corrected chi connectivity index (χ2v) is 4.82. The van der Waals surface area contributed by atoms with Crippen LogP contribution >= 0.6 is 11.6 Å². The van der Waals surface area contributed by atoms with Crippen LogP contribution in [0, 0.1) is 11.3 Å². The molecule has 0 aliphatic heterocycles. The van der Waals surface area contributed by atoms with Crippen LogP contribution in [0.25, 0.3) is 0 Å². The average Bonchev–Trinajstić information content (AvgIpc) is 2.50. The Morgan fingerprint density at radius 2 is 1.86 bits per heavy atom. The number of nitrogens with zero attached hydrogens (tertiary/aromatic N) is 1. The molecule has 0 atom stereocenters. The van der Waals surface area contributed by atoms with Gasteiger partial charge in [-0.15, -0.1) is 0 Å². The van der Waals surface area contributed by atoms with E-state index in [4.69, 9.17) is 21.6 Å². The zero-order chi connectivity index (χ0) is 16.2. The summed E-state index contributed by atoms with van der Waals surface area (Å²) in [4.78, 5) is 22.5. The molecule has 0 unspecified atom stereocenters. The number of ether oxygens (including phenoxy) is 1. The van der Waals surface area contributed by atoms with Crippen molar-refractivity contribution < 1.29 is 14.3 Å². The average molecular weight is 324 g/mol. The van der Waals surface area contributed by atoms with Crippen LogP contribution in [-0.4, -0.2) is 31.5 Å². The standard InChI is InChI=1S/C15H18ClN3O3/c16-12-4-1-2-5-13(12)22-11-3-6-14(20)18-9-10-19-15(21)7-8-17/h1-2,4-5H,3,6-7,9-11H2,(H,18,20)(H,19,21). The highest BCUT2D eigenvalue weighted by atomic mass is 35.5. The molecule has 0 spiro atoms. The molecule has 7 heteroatoms. The van der Waals surface area contributed by atoms with Gasteiger partial charge < -0.3 is 15.4 Å². The van der Waals surface area contributed by atoms with Crippen molar-refractivity contribution in [2.75, 3.05) is 19.7 Å². The van der Waals surface area contributed by atoms with Gasteiger partial charge in [-0.25, -0.2) is 0 Å². The molecule has 0 saturated carbocycles. The van der Waals surface area contributed by atoms with Crippen molar-refractivity contribution in [2.45, 2.75) is 19.3 Å². The number of para-hydroxylation sites is 1. The highest BCUT2D eigenvalue weighted by molar-refractivity contribution is 6.32. The lowest BCUT2D eigenvalue weighted by molar-refractivity contribution is -0.122. The molecule has 1 rings (SSSR count). The van der Waals surface area contributed by atoms with Gasteiger partial charge in [0.2, 0.25) is 11.8 Å². The van der Waals surface area contributed by atoms with E-state index in [0.717, 1.165) is 0 Å². The first-order chi connectivity index (χ1) is 10.6. The van der Waals surface area contributed by atoms with Crippen LogP contribution in [0.3, 0.4) is 0 Å². The second kappa shape index (κ2) is 10.5. The Balaban J connectivity index is 2.05. The largest absolute Gasteiger partial charge is 0.492 e. The van der Waals surface area contributed by atoms with Gasteiger partial charge in [0.1, 0.15) is 12.2 Å². The van der Waals surface area contributed by atoms with Crippen LogP contribution in [0.5, 0.6) is 5.75 Å². The maximum atomic E-state index is 11.5. The van der Waals surface area contributed by atoms with Crippen LogP contribution in [0.4, 0.5) is 0 Å². The summed E-state index contributed by atoms with van der Waals surface area (Å²) >= 11 is 5.94. The fourth-order valence-corrected chi connectivity index (χ4v) is 1.79. The summed E-state index contributed by atoms with van der Waals surface area (Å²) in [5, 5.41) is 14.0. The Labute approximate surface area is 134 Å².